The van der Waals surface area contributed by atoms with Crippen molar-refractivity contribution in [3.05, 3.63) is 60.6 Å². The summed E-state index contributed by atoms with van der Waals surface area (Å²) in [6.45, 7) is 5.62. The number of fused-ring (bicyclic) bond motifs is 1. The molecule has 1 N–H and O–H groups in total. The highest BCUT2D eigenvalue weighted by molar-refractivity contribution is 6.35. The van der Waals surface area contributed by atoms with Crippen LogP contribution in [0.1, 0.15) is 11.3 Å². The topological polar surface area (TPSA) is 63.6 Å². The van der Waals surface area contributed by atoms with Crippen LogP contribution in [-0.4, -0.2) is 19.7 Å². The van der Waals surface area contributed by atoms with Gasteiger partial charge >= 0.3 is 0 Å². The summed E-state index contributed by atoms with van der Waals surface area (Å²) in [6.07, 6.45) is 1.63. The van der Waals surface area contributed by atoms with Crippen molar-refractivity contribution in [2.45, 2.75) is 6.92 Å². The number of nitrogens with one attached hydrogen (secondary N) is 1. The third kappa shape index (κ3) is 2.46. The fraction of sp³-hybridized carbons (Fsp3) is 0.0714. The molecule has 0 amide bonds. The number of aromatic amines is 1. The van der Waals surface area contributed by atoms with Gasteiger partial charge in [0.15, 0.2) is 0 Å². The van der Waals surface area contributed by atoms with Gasteiger partial charge in [-0.3, -0.25) is 9.89 Å². The lowest BCUT2D eigenvalue weighted by Gasteiger charge is -2.04. The number of halogens is 2. The number of hydrogen-bond donors (Lipinski definition) is 1. The molecule has 1 aromatic rings. The average Bonchev–Trinajstić information content (AvgIpc) is 2.69. The SMILES string of the molecule is C=c1[nH]n2/c(=C/c3ccc(Cl)cc3Cl)c(=O)nc-2nc1C. The van der Waals surface area contributed by atoms with E-state index in [1.54, 1.807) is 31.2 Å². The van der Waals surface area contributed by atoms with Crippen molar-refractivity contribution in [2.24, 2.45) is 0 Å². The first-order valence-corrected chi connectivity index (χ1v) is 6.82. The fourth-order valence-corrected chi connectivity index (χ4v) is 2.38. The van der Waals surface area contributed by atoms with Gasteiger partial charge in [0.25, 0.3) is 11.5 Å². The van der Waals surface area contributed by atoms with Gasteiger partial charge in [-0.25, -0.2) is 9.67 Å². The number of aryl methyl sites for hydroxylation is 1. The number of H-pyrrole nitrogens is 1. The molecule has 0 radical (unpaired) electrons. The number of imidazole rings is 1. The highest BCUT2D eigenvalue weighted by Crippen LogP contribution is 2.21. The number of aromatic nitrogens is 4. The van der Waals surface area contributed by atoms with Crippen molar-refractivity contribution in [2.75, 3.05) is 0 Å². The van der Waals surface area contributed by atoms with Crippen LogP contribution in [0.3, 0.4) is 0 Å². The van der Waals surface area contributed by atoms with Gasteiger partial charge in [-0.05, 0) is 30.7 Å². The van der Waals surface area contributed by atoms with Gasteiger partial charge in [-0.15, -0.1) is 0 Å². The maximum absolute atomic E-state index is 12.0. The Balaban J connectivity index is 2.32. The summed E-state index contributed by atoms with van der Waals surface area (Å²) in [5, 5.41) is 4.89. The molecular weight excluding hydrogens is 311 g/mol. The molecular formula is C14H10Cl2N4O. The molecule has 21 heavy (non-hydrogen) atoms. The van der Waals surface area contributed by atoms with Crippen LogP contribution in [-0.2, 0) is 0 Å². The van der Waals surface area contributed by atoms with Crippen molar-refractivity contribution in [1.29, 1.82) is 0 Å². The highest BCUT2D eigenvalue weighted by atomic mass is 35.5. The molecule has 0 atom stereocenters. The molecule has 0 bridgehead atoms. The normalized spacial score (nSPS) is 12.2. The summed E-state index contributed by atoms with van der Waals surface area (Å²) in [5.41, 5.74) is 0.956. The van der Waals surface area contributed by atoms with Crippen molar-refractivity contribution < 1.29 is 0 Å². The molecule has 2 aliphatic heterocycles. The molecule has 5 nitrogen and oxygen atoms in total. The Morgan fingerprint density at radius 3 is 2.81 bits per heavy atom. The lowest BCUT2D eigenvalue weighted by Crippen LogP contribution is -2.32. The molecule has 0 saturated heterocycles. The summed E-state index contributed by atoms with van der Waals surface area (Å²) in [4.78, 5) is 20.1. The van der Waals surface area contributed by atoms with Crippen LogP contribution in [0, 0.1) is 6.92 Å². The van der Waals surface area contributed by atoms with Crippen molar-refractivity contribution in [1.82, 2.24) is 19.7 Å². The maximum atomic E-state index is 12.0. The first kappa shape index (κ1) is 13.9. The first-order chi connectivity index (χ1) is 9.95. The minimum absolute atomic E-state index is 0.293. The van der Waals surface area contributed by atoms with Gasteiger partial charge < -0.3 is 0 Å². The molecule has 0 aromatic heterocycles. The Hall–Kier alpha value is -2.11. The predicted octanol–water partition coefficient (Wildman–Crippen LogP) is 1.25. The standard InChI is InChI=1S/C14H10Cl2N4O/c1-7-8(2)19-20-12(13(21)18-14(20)17-7)5-9-3-4-10(15)6-11(9)16/h3-6,19H,2H2,1H3/b12-5+. The molecule has 2 heterocycles. The van der Waals surface area contributed by atoms with E-state index in [-0.39, 0.29) is 0 Å². The van der Waals surface area contributed by atoms with Gasteiger partial charge in [-0.1, -0.05) is 35.8 Å². The molecule has 7 heteroatoms. The van der Waals surface area contributed by atoms with Gasteiger partial charge in [0.1, 0.15) is 5.35 Å². The highest BCUT2D eigenvalue weighted by Gasteiger charge is 2.12. The molecule has 0 aliphatic carbocycles. The second kappa shape index (κ2) is 5.02. The van der Waals surface area contributed by atoms with Crippen molar-refractivity contribution >= 4 is 35.9 Å². The number of rotatable bonds is 1. The van der Waals surface area contributed by atoms with Crippen LogP contribution in [0.2, 0.25) is 10.0 Å². The van der Waals surface area contributed by atoms with Gasteiger partial charge in [0.05, 0.1) is 11.0 Å². The predicted molar refractivity (Wildman–Crippen MR) is 82.7 cm³/mol. The summed E-state index contributed by atoms with van der Waals surface area (Å²) in [5.74, 6) is 0.293. The number of hydrogen-bond acceptors (Lipinski definition) is 3. The van der Waals surface area contributed by atoms with Crippen molar-refractivity contribution in [3.63, 3.8) is 0 Å². The minimum Gasteiger partial charge on any atom is -0.290 e. The third-order valence-corrected chi connectivity index (χ3v) is 3.63. The third-order valence-electron chi connectivity index (χ3n) is 3.07. The van der Waals surface area contributed by atoms with Crippen molar-refractivity contribution in [3.8, 4) is 5.95 Å². The number of nitrogens with zero attached hydrogens (tertiary/aromatic N) is 3. The van der Waals surface area contributed by atoms with Crippen LogP contribution in [0.4, 0.5) is 0 Å². The van der Waals surface area contributed by atoms with E-state index in [1.807, 2.05) is 0 Å². The quantitative estimate of drug-likeness (QED) is 0.734. The Bertz CT molecular complexity index is 974. The molecule has 0 fully saturated rings. The zero-order valence-corrected chi connectivity index (χ0v) is 12.5. The smallest absolute Gasteiger partial charge is 0.290 e. The summed E-state index contributed by atoms with van der Waals surface area (Å²) < 4.78 is 1.49. The minimum atomic E-state index is -0.394. The summed E-state index contributed by atoms with van der Waals surface area (Å²) in [6, 6.07) is 5.05. The molecule has 0 spiro atoms. The second-order valence-electron chi connectivity index (χ2n) is 4.54. The van der Waals surface area contributed by atoms with Gasteiger partial charge in [-0.2, -0.15) is 4.98 Å². The van der Waals surface area contributed by atoms with Gasteiger partial charge in [0, 0.05) is 10.0 Å². The van der Waals surface area contributed by atoms with E-state index < -0.39 is 5.56 Å². The second-order valence-corrected chi connectivity index (χ2v) is 5.38. The Morgan fingerprint density at radius 2 is 2.10 bits per heavy atom. The lowest BCUT2D eigenvalue weighted by atomic mass is 10.2. The Kier molecular flexibility index (Phi) is 3.31. The largest absolute Gasteiger partial charge is 0.299 e. The van der Waals surface area contributed by atoms with E-state index in [0.717, 1.165) is 0 Å². The zero-order valence-electron chi connectivity index (χ0n) is 11.0. The van der Waals surface area contributed by atoms with E-state index in [0.29, 0.717) is 37.9 Å². The molecule has 0 saturated carbocycles. The molecule has 0 unspecified atom stereocenters. The van der Waals surface area contributed by atoms with Crippen LogP contribution in [0.5, 0.6) is 0 Å². The van der Waals surface area contributed by atoms with Crippen LogP contribution < -0.4 is 16.3 Å². The van der Waals surface area contributed by atoms with E-state index in [4.69, 9.17) is 23.2 Å². The van der Waals surface area contributed by atoms with E-state index in [9.17, 15) is 4.79 Å². The number of benzene rings is 1. The Labute approximate surface area is 129 Å². The average molecular weight is 321 g/mol. The van der Waals surface area contributed by atoms with E-state index in [1.165, 1.54) is 4.68 Å². The van der Waals surface area contributed by atoms with Crippen LogP contribution in [0.25, 0.3) is 18.6 Å². The van der Waals surface area contributed by atoms with Gasteiger partial charge in [0.2, 0.25) is 0 Å². The molecule has 106 valence electrons. The summed E-state index contributed by atoms with van der Waals surface area (Å²) in [7, 11) is 0. The van der Waals surface area contributed by atoms with E-state index >= 15 is 0 Å². The fourth-order valence-electron chi connectivity index (χ4n) is 1.91. The van der Waals surface area contributed by atoms with Crippen LogP contribution >= 0.6 is 23.2 Å². The Morgan fingerprint density at radius 1 is 1.33 bits per heavy atom. The zero-order chi connectivity index (χ0) is 15.1. The summed E-state index contributed by atoms with van der Waals surface area (Å²) >= 11 is 12.0. The van der Waals surface area contributed by atoms with E-state index in [2.05, 4.69) is 21.6 Å². The molecule has 1 aromatic carbocycles. The first-order valence-electron chi connectivity index (χ1n) is 6.07. The van der Waals surface area contributed by atoms with Crippen LogP contribution in [0.15, 0.2) is 23.0 Å². The molecule has 3 rings (SSSR count). The lowest BCUT2D eigenvalue weighted by molar-refractivity contribution is 0.746. The monoisotopic (exact) mass is 320 g/mol. The maximum Gasteiger partial charge on any atom is 0.299 e. The molecule has 2 aliphatic rings.